The lowest BCUT2D eigenvalue weighted by Crippen LogP contribution is -2.11. The standard InChI is InChI=1S/C6H12N4/c1-8-4-6-9-3-5(7)10(6)2/h3,8H,4,7H2,1-2H3. The van der Waals surface area contributed by atoms with E-state index in [4.69, 9.17) is 5.73 Å². The van der Waals surface area contributed by atoms with Gasteiger partial charge in [0.2, 0.25) is 0 Å². The Hall–Kier alpha value is -1.03. The molecule has 4 nitrogen and oxygen atoms in total. The molecule has 0 spiro atoms. The van der Waals surface area contributed by atoms with Crippen molar-refractivity contribution in [1.82, 2.24) is 14.9 Å². The zero-order valence-electron chi connectivity index (χ0n) is 6.26. The van der Waals surface area contributed by atoms with Crippen LogP contribution in [0.1, 0.15) is 5.82 Å². The lowest BCUT2D eigenvalue weighted by atomic mass is 10.6. The molecule has 0 aliphatic heterocycles. The summed E-state index contributed by atoms with van der Waals surface area (Å²) in [6.45, 7) is 0.758. The van der Waals surface area contributed by atoms with Crippen molar-refractivity contribution >= 4 is 5.82 Å². The maximum Gasteiger partial charge on any atom is 0.124 e. The molecule has 0 amide bonds. The summed E-state index contributed by atoms with van der Waals surface area (Å²) in [5, 5.41) is 3.00. The molecule has 1 heterocycles. The molecule has 0 fully saturated rings. The van der Waals surface area contributed by atoms with Crippen molar-refractivity contribution in [3.8, 4) is 0 Å². The molecule has 0 saturated heterocycles. The van der Waals surface area contributed by atoms with Gasteiger partial charge in [0, 0.05) is 7.05 Å². The van der Waals surface area contributed by atoms with Crippen LogP contribution in [-0.4, -0.2) is 16.6 Å². The molecule has 1 aromatic heterocycles. The van der Waals surface area contributed by atoms with Gasteiger partial charge in [0.25, 0.3) is 0 Å². The molecule has 1 rings (SSSR count). The first kappa shape index (κ1) is 7.08. The van der Waals surface area contributed by atoms with E-state index in [0.29, 0.717) is 5.82 Å². The van der Waals surface area contributed by atoms with Crippen molar-refractivity contribution in [2.24, 2.45) is 7.05 Å². The zero-order valence-corrected chi connectivity index (χ0v) is 6.26. The quantitative estimate of drug-likeness (QED) is 0.594. The van der Waals surface area contributed by atoms with Crippen molar-refractivity contribution < 1.29 is 0 Å². The Morgan fingerprint density at radius 3 is 2.90 bits per heavy atom. The molecule has 10 heavy (non-hydrogen) atoms. The number of nitrogens with two attached hydrogens (primary N) is 1. The fourth-order valence-electron chi connectivity index (χ4n) is 0.785. The van der Waals surface area contributed by atoms with Gasteiger partial charge in [-0.25, -0.2) is 4.98 Å². The summed E-state index contributed by atoms with van der Waals surface area (Å²) in [6.07, 6.45) is 1.66. The predicted octanol–water partition coefficient (Wildman–Crippen LogP) is -0.278. The molecule has 1 aromatic rings. The maximum atomic E-state index is 5.54. The molecule has 3 N–H and O–H groups in total. The van der Waals surface area contributed by atoms with E-state index < -0.39 is 0 Å². The summed E-state index contributed by atoms with van der Waals surface area (Å²) >= 11 is 0. The number of nitrogen functional groups attached to an aromatic ring is 1. The molecule has 0 saturated carbocycles. The number of imidazole rings is 1. The first-order chi connectivity index (χ1) is 4.75. The van der Waals surface area contributed by atoms with Crippen LogP contribution in [0.2, 0.25) is 0 Å². The molecular formula is C6H12N4. The third kappa shape index (κ3) is 1.11. The minimum absolute atomic E-state index is 0.699. The van der Waals surface area contributed by atoms with Gasteiger partial charge in [-0.15, -0.1) is 0 Å². The van der Waals surface area contributed by atoms with E-state index in [0.717, 1.165) is 12.4 Å². The average Bonchev–Trinajstić information content (AvgIpc) is 2.20. The molecule has 0 bridgehead atoms. The van der Waals surface area contributed by atoms with Crippen LogP contribution in [0.4, 0.5) is 5.82 Å². The Morgan fingerprint density at radius 1 is 1.80 bits per heavy atom. The predicted molar refractivity (Wildman–Crippen MR) is 40.4 cm³/mol. The van der Waals surface area contributed by atoms with Crippen LogP contribution >= 0.6 is 0 Å². The molecule has 0 aliphatic carbocycles. The number of hydrogen-bond donors (Lipinski definition) is 2. The number of aromatic nitrogens is 2. The highest BCUT2D eigenvalue weighted by Crippen LogP contribution is 2.02. The highest BCUT2D eigenvalue weighted by atomic mass is 15.1. The number of rotatable bonds is 2. The largest absolute Gasteiger partial charge is 0.384 e. The van der Waals surface area contributed by atoms with Crippen LogP contribution < -0.4 is 11.1 Å². The Balaban J connectivity index is 2.83. The minimum atomic E-state index is 0.699. The minimum Gasteiger partial charge on any atom is -0.384 e. The van der Waals surface area contributed by atoms with E-state index in [1.165, 1.54) is 0 Å². The highest BCUT2D eigenvalue weighted by Gasteiger charge is 1.99. The van der Waals surface area contributed by atoms with Crippen molar-refractivity contribution in [2.75, 3.05) is 12.8 Å². The highest BCUT2D eigenvalue weighted by molar-refractivity contribution is 5.27. The van der Waals surface area contributed by atoms with Gasteiger partial charge in [-0.05, 0) is 7.05 Å². The van der Waals surface area contributed by atoms with Gasteiger partial charge in [0.1, 0.15) is 11.6 Å². The van der Waals surface area contributed by atoms with Crippen LogP contribution in [-0.2, 0) is 13.6 Å². The fraction of sp³-hybridized carbons (Fsp3) is 0.500. The second-order valence-electron chi connectivity index (χ2n) is 2.19. The third-order valence-electron chi connectivity index (χ3n) is 1.46. The van der Waals surface area contributed by atoms with Gasteiger partial charge in [-0.1, -0.05) is 0 Å². The van der Waals surface area contributed by atoms with E-state index in [2.05, 4.69) is 10.3 Å². The molecule has 0 aliphatic rings. The van der Waals surface area contributed by atoms with Gasteiger partial charge in [0.05, 0.1) is 12.7 Å². The Kier molecular flexibility index (Phi) is 1.91. The lowest BCUT2D eigenvalue weighted by Gasteiger charge is -2.00. The van der Waals surface area contributed by atoms with Crippen LogP contribution in [0.5, 0.6) is 0 Å². The Labute approximate surface area is 60.1 Å². The summed E-state index contributed by atoms with van der Waals surface area (Å²) in [5.41, 5.74) is 5.54. The van der Waals surface area contributed by atoms with E-state index >= 15 is 0 Å². The first-order valence-corrected chi connectivity index (χ1v) is 3.16. The SMILES string of the molecule is CNCc1ncc(N)n1C. The number of anilines is 1. The Bertz CT molecular complexity index is 216. The van der Waals surface area contributed by atoms with E-state index in [1.54, 1.807) is 6.20 Å². The molecule has 0 radical (unpaired) electrons. The number of nitrogens with one attached hydrogen (secondary N) is 1. The van der Waals surface area contributed by atoms with Crippen molar-refractivity contribution in [3.05, 3.63) is 12.0 Å². The van der Waals surface area contributed by atoms with E-state index in [1.807, 2.05) is 18.7 Å². The van der Waals surface area contributed by atoms with Gasteiger partial charge in [-0.2, -0.15) is 0 Å². The summed E-state index contributed by atoms with van der Waals surface area (Å²) in [5.74, 6) is 1.66. The summed E-state index contributed by atoms with van der Waals surface area (Å²) in [6, 6.07) is 0. The summed E-state index contributed by atoms with van der Waals surface area (Å²) in [7, 11) is 3.78. The normalized spacial score (nSPS) is 10.2. The number of hydrogen-bond acceptors (Lipinski definition) is 3. The average molecular weight is 140 g/mol. The van der Waals surface area contributed by atoms with Gasteiger partial charge in [-0.3, -0.25) is 0 Å². The van der Waals surface area contributed by atoms with Crippen molar-refractivity contribution in [2.45, 2.75) is 6.54 Å². The van der Waals surface area contributed by atoms with Gasteiger partial charge in [0.15, 0.2) is 0 Å². The van der Waals surface area contributed by atoms with Crippen molar-refractivity contribution in [1.29, 1.82) is 0 Å². The molecule has 0 unspecified atom stereocenters. The topological polar surface area (TPSA) is 55.9 Å². The molecule has 56 valence electrons. The maximum absolute atomic E-state index is 5.54. The summed E-state index contributed by atoms with van der Waals surface area (Å²) in [4.78, 5) is 4.08. The summed E-state index contributed by atoms with van der Waals surface area (Å²) < 4.78 is 1.86. The van der Waals surface area contributed by atoms with E-state index in [-0.39, 0.29) is 0 Å². The second-order valence-corrected chi connectivity index (χ2v) is 2.19. The molecule has 0 atom stereocenters. The number of nitrogens with zero attached hydrogens (tertiary/aromatic N) is 2. The first-order valence-electron chi connectivity index (χ1n) is 3.16. The second kappa shape index (κ2) is 2.70. The molecule has 0 aromatic carbocycles. The molecular weight excluding hydrogens is 128 g/mol. The van der Waals surface area contributed by atoms with Crippen LogP contribution in [0.3, 0.4) is 0 Å². The Morgan fingerprint density at radius 2 is 2.50 bits per heavy atom. The zero-order chi connectivity index (χ0) is 7.56. The van der Waals surface area contributed by atoms with Crippen LogP contribution in [0, 0.1) is 0 Å². The van der Waals surface area contributed by atoms with Crippen LogP contribution in [0.25, 0.3) is 0 Å². The van der Waals surface area contributed by atoms with Crippen molar-refractivity contribution in [3.63, 3.8) is 0 Å². The van der Waals surface area contributed by atoms with Gasteiger partial charge < -0.3 is 15.6 Å². The smallest absolute Gasteiger partial charge is 0.124 e. The van der Waals surface area contributed by atoms with E-state index in [9.17, 15) is 0 Å². The third-order valence-corrected chi connectivity index (χ3v) is 1.46. The fourth-order valence-corrected chi connectivity index (χ4v) is 0.785. The monoisotopic (exact) mass is 140 g/mol. The molecule has 4 heteroatoms. The van der Waals surface area contributed by atoms with Crippen LogP contribution in [0.15, 0.2) is 6.20 Å². The van der Waals surface area contributed by atoms with Gasteiger partial charge >= 0.3 is 0 Å². The lowest BCUT2D eigenvalue weighted by molar-refractivity contribution is 0.713.